The molecular formula is C23H24N2O2. The first kappa shape index (κ1) is 18.6. The maximum absolute atomic E-state index is 12.8. The Labute approximate surface area is 160 Å². The Balaban J connectivity index is 1.73. The number of benzene rings is 2. The van der Waals surface area contributed by atoms with Gasteiger partial charge in [-0.05, 0) is 57.0 Å². The molecule has 0 radical (unpaired) electrons. The molecule has 0 aliphatic rings. The van der Waals surface area contributed by atoms with Crippen LogP contribution in [-0.4, -0.2) is 15.7 Å². The summed E-state index contributed by atoms with van der Waals surface area (Å²) in [4.78, 5) is 12.8. The molecule has 4 nitrogen and oxygen atoms in total. The molecule has 0 unspecified atom stereocenters. The van der Waals surface area contributed by atoms with Gasteiger partial charge in [0, 0.05) is 16.8 Å². The van der Waals surface area contributed by atoms with Gasteiger partial charge in [-0.25, -0.2) is 4.68 Å². The molecule has 1 heterocycles. The minimum absolute atomic E-state index is 0.141. The third-order valence-corrected chi connectivity index (χ3v) is 4.46. The van der Waals surface area contributed by atoms with Crippen molar-refractivity contribution in [1.82, 2.24) is 9.78 Å². The van der Waals surface area contributed by atoms with Gasteiger partial charge in [-0.3, -0.25) is 4.79 Å². The van der Waals surface area contributed by atoms with Crippen LogP contribution in [0.5, 0.6) is 5.75 Å². The third kappa shape index (κ3) is 4.34. The second kappa shape index (κ2) is 8.04. The number of carbonyl (C=O) groups excluding carboxylic acids is 1. The number of rotatable bonds is 6. The molecule has 1 aromatic heterocycles. The van der Waals surface area contributed by atoms with Crippen molar-refractivity contribution >= 4 is 5.91 Å². The zero-order valence-corrected chi connectivity index (χ0v) is 16.0. The van der Waals surface area contributed by atoms with E-state index in [9.17, 15) is 4.79 Å². The molecule has 27 heavy (non-hydrogen) atoms. The van der Waals surface area contributed by atoms with Crippen LogP contribution in [-0.2, 0) is 13.0 Å². The van der Waals surface area contributed by atoms with Gasteiger partial charge in [-0.2, -0.15) is 5.10 Å². The lowest BCUT2D eigenvalue weighted by molar-refractivity contribution is 0.0942. The van der Waals surface area contributed by atoms with Gasteiger partial charge in [0.1, 0.15) is 12.4 Å². The standard InChI is InChI=1S/C23H24N2O2/c1-16(2)14-22-17(3)24-25(18(22)4)23(26)20-10-12-21(13-11-20)27-15-19-8-6-5-7-9-19/h5-13H,1,14-15H2,2-4H3. The van der Waals surface area contributed by atoms with E-state index in [4.69, 9.17) is 4.74 Å². The lowest BCUT2D eigenvalue weighted by Gasteiger charge is -2.08. The molecule has 0 atom stereocenters. The highest BCUT2D eigenvalue weighted by molar-refractivity contribution is 5.96. The van der Waals surface area contributed by atoms with Gasteiger partial charge in [-0.1, -0.05) is 42.5 Å². The Kier molecular flexibility index (Phi) is 5.55. The fourth-order valence-electron chi connectivity index (χ4n) is 2.99. The lowest BCUT2D eigenvalue weighted by Crippen LogP contribution is -2.15. The number of carbonyl (C=O) groups is 1. The van der Waals surface area contributed by atoms with Crippen LogP contribution in [0.15, 0.2) is 66.7 Å². The normalized spacial score (nSPS) is 10.6. The Morgan fingerprint density at radius 3 is 2.37 bits per heavy atom. The van der Waals surface area contributed by atoms with E-state index in [0.717, 1.165) is 40.3 Å². The van der Waals surface area contributed by atoms with Crippen molar-refractivity contribution in [3.8, 4) is 5.75 Å². The average molecular weight is 360 g/mol. The molecule has 0 aliphatic heterocycles. The molecule has 0 amide bonds. The number of ether oxygens (including phenoxy) is 1. The minimum atomic E-state index is -0.141. The summed E-state index contributed by atoms with van der Waals surface area (Å²) >= 11 is 0. The number of aromatic nitrogens is 2. The maximum atomic E-state index is 12.8. The Hall–Kier alpha value is -3.14. The van der Waals surface area contributed by atoms with Crippen LogP contribution < -0.4 is 4.74 Å². The number of aryl methyl sites for hydroxylation is 1. The van der Waals surface area contributed by atoms with Crippen LogP contribution >= 0.6 is 0 Å². The molecule has 0 aliphatic carbocycles. The fourth-order valence-corrected chi connectivity index (χ4v) is 2.99. The molecule has 0 fully saturated rings. The second-order valence-electron chi connectivity index (χ2n) is 6.80. The van der Waals surface area contributed by atoms with Gasteiger partial charge in [0.05, 0.1) is 5.69 Å². The van der Waals surface area contributed by atoms with Crippen LogP contribution in [0.25, 0.3) is 0 Å². The van der Waals surface area contributed by atoms with Crippen molar-refractivity contribution in [2.45, 2.75) is 33.8 Å². The highest BCUT2D eigenvalue weighted by Crippen LogP contribution is 2.19. The quantitative estimate of drug-likeness (QED) is 0.588. The van der Waals surface area contributed by atoms with Gasteiger partial charge in [-0.15, -0.1) is 0 Å². The predicted octanol–water partition coefficient (Wildman–Crippen LogP) is 4.89. The maximum Gasteiger partial charge on any atom is 0.278 e. The van der Waals surface area contributed by atoms with Gasteiger partial charge < -0.3 is 4.74 Å². The molecule has 0 saturated heterocycles. The van der Waals surface area contributed by atoms with Crippen molar-refractivity contribution in [3.63, 3.8) is 0 Å². The van der Waals surface area contributed by atoms with Crippen LogP contribution in [0.1, 0.15) is 39.8 Å². The van der Waals surface area contributed by atoms with Crippen LogP contribution in [0.2, 0.25) is 0 Å². The molecule has 3 rings (SSSR count). The molecule has 138 valence electrons. The first-order chi connectivity index (χ1) is 13.0. The van der Waals surface area contributed by atoms with Crippen molar-refractivity contribution < 1.29 is 9.53 Å². The molecule has 4 heteroatoms. The van der Waals surface area contributed by atoms with Crippen molar-refractivity contribution in [2.75, 3.05) is 0 Å². The topological polar surface area (TPSA) is 44.1 Å². The van der Waals surface area contributed by atoms with E-state index in [0.29, 0.717) is 12.2 Å². The SMILES string of the molecule is C=C(C)Cc1c(C)nn(C(=O)c2ccc(OCc3ccccc3)cc2)c1C. The first-order valence-electron chi connectivity index (χ1n) is 8.96. The van der Waals surface area contributed by atoms with Gasteiger partial charge in [0.2, 0.25) is 0 Å². The van der Waals surface area contributed by atoms with Crippen molar-refractivity contribution in [2.24, 2.45) is 0 Å². The smallest absolute Gasteiger partial charge is 0.278 e. The fraction of sp³-hybridized carbons (Fsp3) is 0.217. The number of hydrogen-bond acceptors (Lipinski definition) is 3. The van der Waals surface area contributed by atoms with E-state index in [1.54, 1.807) is 12.1 Å². The summed E-state index contributed by atoms with van der Waals surface area (Å²) in [5.74, 6) is 0.588. The van der Waals surface area contributed by atoms with E-state index in [1.165, 1.54) is 4.68 Å². The first-order valence-corrected chi connectivity index (χ1v) is 8.96. The number of nitrogens with zero attached hydrogens (tertiary/aromatic N) is 2. The summed E-state index contributed by atoms with van der Waals surface area (Å²) in [6.07, 6.45) is 0.733. The predicted molar refractivity (Wildman–Crippen MR) is 107 cm³/mol. The summed E-state index contributed by atoms with van der Waals surface area (Å²) in [5.41, 5.74) is 5.53. The highest BCUT2D eigenvalue weighted by Gasteiger charge is 2.18. The highest BCUT2D eigenvalue weighted by atomic mass is 16.5. The Morgan fingerprint density at radius 2 is 1.74 bits per heavy atom. The molecular weight excluding hydrogens is 336 g/mol. The van der Waals surface area contributed by atoms with Crippen LogP contribution in [0, 0.1) is 13.8 Å². The van der Waals surface area contributed by atoms with Crippen LogP contribution in [0.4, 0.5) is 0 Å². The Bertz CT molecular complexity index is 954. The molecule has 0 saturated carbocycles. The zero-order valence-electron chi connectivity index (χ0n) is 16.0. The van der Waals surface area contributed by atoms with Crippen molar-refractivity contribution in [3.05, 3.63) is 94.8 Å². The average Bonchev–Trinajstić information content (AvgIpc) is 2.95. The van der Waals surface area contributed by atoms with E-state index >= 15 is 0 Å². The van der Waals surface area contributed by atoms with Gasteiger partial charge in [0.25, 0.3) is 5.91 Å². The van der Waals surface area contributed by atoms with E-state index in [1.807, 2.05) is 63.2 Å². The number of allylic oxidation sites excluding steroid dienone is 1. The summed E-state index contributed by atoms with van der Waals surface area (Å²) in [7, 11) is 0. The summed E-state index contributed by atoms with van der Waals surface area (Å²) in [5, 5.41) is 4.43. The lowest BCUT2D eigenvalue weighted by atomic mass is 10.1. The monoisotopic (exact) mass is 360 g/mol. The molecule has 0 bridgehead atoms. The summed E-state index contributed by atoms with van der Waals surface area (Å²) < 4.78 is 7.26. The van der Waals surface area contributed by atoms with Crippen molar-refractivity contribution in [1.29, 1.82) is 0 Å². The Morgan fingerprint density at radius 1 is 1.07 bits per heavy atom. The third-order valence-electron chi connectivity index (χ3n) is 4.46. The largest absolute Gasteiger partial charge is 0.489 e. The molecule has 0 spiro atoms. The summed E-state index contributed by atoms with van der Waals surface area (Å²) in [6, 6.07) is 17.2. The number of hydrogen-bond donors (Lipinski definition) is 0. The van der Waals surface area contributed by atoms with E-state index < -0.39 is 0 Å². The molecule has 3 aromatic rings. The van der Waals surface area contributed by atoms with E-state index in [-0.39, 0.29) is 5.91 Å². The minimum Gasteiger partial charge on any atom is -0.489 e. The zero-order chi connectivity index (χ0) is 19.4. The summed E-state index contributed by atoms with van der Waals surface area (Å²) in [6.45, 7) is 10.3. The van der Waals surface area contributed by atoms with Gasteiger partial charge >= 0.3 is 0 Å². The molecule has 2 aromatic carbocycles. The van der Waals surface area contributed by atoms with Gasteiger partial charge in [0.15, 0.2) is 0 Å². The van der Waals surface area contributed by atoms with E-state index in [2.05, 4.69) is 11.7 Å². The van der Waals surface area contributed by atoms with Crippen LogP contribution in [0.3, 0.4) is 0 Å². The second-order valence-corrected chi connectivity index (χ2v) is 6.80. The molecule has 0 N–H and O–H groups in total.